The Labute approximate surface area is 153 Å². The zero-order chi connectivity index (χ0) is 18.9. The lowest BCUT2D eigenvalue weighted by atomic mass is 10.1. The summed E-state index contributed by atoms with van der Waals surface area (Å²) >= 11 is 0. The van der Waals surface area contributed by atoms with Crippen molar-refractivity contribution in [1.82, 2.24) is 9.97 Å². The van der Waals surface area contributed by atoms with Crippen molar-refractivity contribution in [2.75, 3.05) is 0 Å². The molecule has 0 unspecified atom stereocenters. The minimum Gasteiger partial charge on any atom is -0.486 e. The quantitative estimate of drug-likeness (QED) is 0.508. The number of halogens is 3. The predicted molar refractivity (Wildman–Crippen MR) is 96.1 cm³/mol. The molecule has 6 heteroatoms. The third kappa shape index (κ3) is 3.79. The Morgan fingerprint density at radius 3 is 2.37 bits per heavy atom. The number of nitrogens with one attached hydrogen (secondary N) is 1. The summed E-state index contributed by atoms with van der Waals surface area (Å²) < 4.78 is 43.3. The molecule has 3 nitrogen and oxygen atoms in total. The molecule has 0 spiro atoms. The molecule has 0 fully saturated rings. The highest BCUT2D eigenvalue weighted by Gasteiger charge is 2.30. The molecule has 0 atom stereocenters. The van der Waals surface area contributed by atoms with Crippen LogP contribution in [0.1, 0.15) is 11.4 Å². The van der Waals surface area contributed by atoms with Crippen molar-refractivity contribution in [3.63, 3.8) is 0 Å². The third-order valence-electron chi connectivity index (χ3n) is 4.14. The summed E-state index contributed by atoms with van der Waals surface area (Å²) in [6.07, 6.45) is -4.36. The molecule has 0 aliphatic heterocycles. The molecule has 0 amide bonds. The van der Waals surface area contributed by atoms with Crippen molar-refractivity contribution in [2.24, 2.45) is 0 Å². The number of fused-ring (bicyclic) bond motifs is 1. The lowest BCUT2D eigenvalue weighted by Crippen LogP contribution is -2.04. The molecule has 1 aromatic heterocycles. The maximum absolute atomic E-state index is 12.6. The Morgan fingerprint density at radius 1 is 0.926 bits per heavy atom. The fourth-order valence-corrected chi connectivity index (χ4v) is 2.78. The number of aromatic nitrogens is 2. The number of alkyl halides is 3. The summed E-state index contributed by atoms with van der Waals surface area (Å²) in [4.78, 5) is 7.66. The van der Waals surface area contributed by atoms with Gasteiger partial charge in [0.25, 0.3) is 0 Å². The molecule has 0 aliphatic carbocycles. The second-order valence-electron chi connectivity index (χ2n) is 6.01. The van der Waals surface area contributed by atoms with E-state index in [2.05, 4.69) is 16.0 Å². The predicted octanol–water partition coefficient (Wildman–Crippen LogP) is 5.63. The summed E-state index contributed by atoms with van der Waals surface area (Å²) in [5, 5.41) is 0. The standard InChI is InChI=1S/C21H14F3N2O/c22-21(23,24)16-7-9-17(10-8-16)27-13-20-25-18-11-6-15(12-19(18)26-20)14-4-2-1-3-5-14/h2-12H,13H2,(H,25,26). The van der Waals surface area contributed by atoms with Crippen LogP contribution in [-0.4, -0.2) is 9.97 Å². The molecule has 135 valence electrons. The van der Waals surface area contributed by atoms with Crippen LogP contribution in [0, 0.1) is 6.07 Å². The molecule has 1 heterocycles. The SMILES string of the molecule is FC(F)(F)c1ccc(OCc2nc3cc(-c4cc[c]cc4)ccc3[nH]2)cc1. The molecular formula is C21H14F3N2O. The van der Waals surface area contributed by atoms with E-state index in [0.29, 0.717) is 11.6 Å². The molecular weight excluding hydrogens is 353 g/mol. The number of imidazole rings is 1. The molecule has 1 radical (unpaired) electrons. The number of benzene rings is 3. The van der Waals surface area contributed by atoms with Crippen LogP contribution in [0.3, 0.4) is 0 Å². The van der Waals surface area contributed by atoms with Crippen LogP contribution in [0.2, 0.25) is 0 Å². The molecule has 4 aromatic rings. The molecule has 0 saturated carbocycles. The Kier molecular flexibility index (Phi) is 4.32. The fourth-order valence-electron chi connectivity index (χ4n) is 2.78. The highest BCUT2D eigenvalue weighted by molar-refractivity contribution is 5.81. The minimum absolute atomic E-state index is 0.135. The normalized spacial score (nSPS) is 11.7. The van der Waals surface area contributed by atoms with E-state index in [4.69, 9.17) is 4.74 Å². The first-order chi connectivity index (χ1) is 13.0. The van der Waals surface area contributed by atoms with Gasteiger partial charge in [0.1, 0.15) is 18.2 Å². The lowest BCUT2D eigenvalue weighted by molar-refractivity contribution is -0.137. The van der Waals surface area contributed by atoms with Gasteiger partial charge in [0.15, 0.2) is 0 Å². The van der Waals surface area contributed by atoms with E-state index in [9.17, 15) is 13.2 Å². The van der Waals surface area contributed by atoms with E-state index in [0.717, 1.165) is 34.3 Å². The van der Waals surface area contributed by atoms with Gasteiger partial charge in [-0.1, -0.05) is 30.3 Å². The maximum Gasteiger partial charge on any atom is 0.416 e. The van der Waals surface area contributed by atoms with E-state index in [1.807, 2.05) is 42.5 Å². The highest BCUT2D eigenvalue weighted by atomic mass is 19.4. The van der Waals surface area contributed by atoms with Crippen LogP contribution in [0.5, 0.6) is 5.75 Å². The van der Waals surface area contributed by atoms with Gasteiger partial charge >= 0.3 is 6.18 Å². The van der Waals surface area contributed by atoms with Crippen LogP contribution in [0.4, 0.5) is 13.2 Å². The number of hydrogen-bond acceptors (Lipinski definition) is 2. The van der Waals surface area contributed by atoms with Gasteiger partial charge in [-0.2, -0.15) is 13.2 Å². The monoisotopic (exact) mass is 367 g/mol. The average Bonchev–Trinajstić information content (AvgIpc) is 3.09. The average molecular weight is 367 g/mol. The van der Waals surface area contributed by atoms with Crippen LogP contribution in [0.25, 0.3) is 22.2 Å². The Hall–Kier alpha value is -3.28. The first kappa shape index (κ1) is 17.1. The minimum atomic E-state index is -4.36. The first-order valence-electron chi connectivity index (χ1n) is 8.24. The smallest absolute Gasteiger partial charge is 0.416 e. The van der Waals surface area contributed by atoms with Crippen LogP contribution >= 0.6 is 0 Å². The second kappa shape index (κ2) is 6.79. The molecule has 1 N–H and O–H groups in total. The molecule has 0 saturated heterocycles. The maximum atomic E-state index is 12.6. The number of H-pyrrole nitrogens is 1. The van der Waals surface area contributed by atoms with Crippen molar-refractivity contribution in [2.45, 2.75) is 12.8 Å². The summed E-state index contributed by atoms with van der Waals surface area (Å²) in [6, 6.07) is 21.2. The zero-order valence-corrected chi connectivity index (χ0v) is 14.0. The van der Waals surface area contributed by atoms with Gasteiger partial charge in [-0.3, -0.25) is 0 Å². The van der Waals surface area contributed by atoms with Gasteiger partial charge in [0.2, 0.25) is 0 Å². The molecule has 27 heavy (non-hydrogen) atoms. The van der Waals surface area contributed by atoms with Crippen LogP contribution in [0.15, 0.2) is 66.7 Å². The van der Waals surface area contributed by atoms with E-state index in [-0.39, 0.29) is 6.61 Å². The largest absolute Gasteiger partial charge is 0.486 e. The molecule has 3 aromatic carbocycles. The van der Waals surface area contributed by atoms with Crippen molar-refractivity contribution in [3.05, 3.63) is 84.2 Å². The summed E-state index contributed by atoms with van der Waals surface area (Å²) in [7, 11) is 0. The number of rotatable bonds is 4. The number of nitrogens with zero attached hydrogens (tertiary/aromatic N) is 1. The molecule has 0 bridgehead atoms. The fraction of sp³-hybridized carbons (Fsp3) is 0.0952. The van der Waals surface area contributed by atoms with E-state index >= 15 is 0 Å². The van der Waals surface area contributed by atoms with Gasteiger partial charge < -0.3 is 9.72 Å². The number of hydrogen-bond donors (Lipinski definition) is 1. The van der Waals surface area contributed by atoms with Gasteiger partial charge in [0, 0.05) is 0 Å². The lowest BCUT2D eigenvalue weighted by Gasteiger charge is -2.08. The van der Waals surface area contributed by atoms with Crippen LogP contribution in [-0.2, 0) is 12.8 Å². The number of aromatic amines is 1. The Balaban J connectivity index is 1.49. The van der Waals surface area contributed by atoms with E-state index in [1.165, 1.54) is 12.1 Å². The second-order valence-corrected chi connectivity index (χ2v) is 6.01. The third-order valence-corrected chi connectivity index (χ3v) is 4.14. The summed E-state index contributed by atoms with van der Waals surface area (Å²) in [5.41, 5.74) is 3.07. The van der Waals surface area contributed by atoms with Crippen molar-refractivity contribution >= 4 is 11.0 Å². The zero-order valence-electron chi connectivity index (χ0n) is 14.0. The Bertz CT molecular complexity index is 1050. The molecule has 0 aliphatic rings. The molecule has 4 rings (SSSR count). The van der Waals surface area contributed by atoms with Crippen molar-refractivity contribution in [3.8, 4) is 16.9 Å². The first-order valence-corrected chi connectivity index (χ1v) is 8.24. The van der Waals surface area contributed by atoms with Gasteiger partial charge in [-0.15, -0.1) is 0 Å². The van der Waals surface area contributed by atoms with Crippen LogP contribution < -0.4 is 4.74 Å². The van der Waals surface area contributed by atoms with Crippen molar-refractivity contribution in [1.29, 1.82) is 0 Å². The summed E-state index contributed by atoms with van der Waals surface area (Å²) in [5.74, 6) is 0.952. The van der Waals surface area contributed by atoms with Crippen molar-refractivity contribution < 1.29 is 17.9 Å². The van der Waals surface area contributed by atoms with Gasteiger partial charge in [-0.05, 0) is 53.6 Å². The van der Waals surface area contributed by atoms with Gasteiger partial charge in [0.05, 0.1) is 16.6 Å². The topological polar surface area (TPSA) is 37.9 Å². The highest BCUT2D eigenvalue weighted by Crippen LogP contribution is 2.30. The Morgan fingerprint density at radius 2 is 1.67 bits per heavy atom. The van der Waals surface area contributed by atoms with E-state index < -0.39 is 11.7 Å². The summed E-state index contributed by atoms with van der Waals surface area (Å²) in [6.45, 7) is 0.135. The van der Waals surface area contributed by atoms with E-state index in [1.54, 1.807) is 0 Å². The number of ether oxygens (including phenoxy) is 1. The van der Waals surface area contributed by atoms with Gasteiger partial charge in [-0.25, -0.2) is 4.98 Å².